The summed E-state index contributed by atoms with van der Waals surface area (Å²) in [5.74, 6) is -0.735. The maximum Gasteiger partial charge on any atom is 0.446 e. The van der Waals surface area contributed by atoms with Crippen LogP contribution in [0.25, 0.3) is 0 Å². The van der Waals surface area contributed by atoms with Crippen molar-refractivity contribution >= 4 is 17.7 Å². The van der Waals surface area contributed by atoms with Gasteiger partial charge in [-0.25, -0.2) is 4.79 Å². The minimum atomic E-state index is -4.52. The molecule has 0 unspecified atom stereocenters. The van der Waals surface area contributed by atoms with Crippen molar-refractivity contribution in [3.8, 4) is 6.07 Å². The zero-order chi connectivity index (χ0) is 13.9. The quantitative estimate of drug-likeness (QED) is 0.614. The highest BCUT2D eigenvalue weighted by atomic mass is 32.2. The van der Waals surface area contributed by atoms with Gasteiger partial charge in [0.1, 0.15) is 6.07 Å². The Bertz CT molecular complexity index is 520. The standard InChI is InChI=1S/C11H8F3NO2S/c1-6-8(10(16)17-2)4-3-7(5-15)9(6)18-11(12,13)14/h3-4H,1-2H3. The first-order valence-electron chi connectivity index (χ1n) is 4.68. The van der Waals surface area contributed by atoms with Crippen molar-refractivity contribution in [3.05, 3.63) is 28.8 Å². The van der Waals surface area contributed by atoms with Gasteiger partial charge in [0.05, 0.1) is 18.2 Å². The fourth-order valence-electron chi connectivity index (χ4n) is 1.36. The molecule has 96 valence electrons. The average Bonchev–Trinajstić information content (AvgIpc) is 2.29. The largest absolute Gasteiger partial charge is 0.465 e. The second kappa shape index (κ2) is 5.31. The Morgan fingerprint density at radius 3 is 2.50 bits per heavy atom. The number of carbonyl (C=O) groups excluding carboxylic acids is 1. The fourth-order valence-corrected chi connectivity index (χ4v) is 2.08. The number of ether oxygens (including phenoxy) is 1. The highest BCUT2D eigenvalue weighted by molar-refractivity contribution is 8.00. The average molecular weight is 275 g/mol. The summed E-state index contributed by atoms with van der Waals surface area (Å²) in [6.45, 7) is 1.35. The Balaban J connectivity index is 3.37. The van der Waals surface area contributed by atoms with Crippen molar-refractivity contribution in [2.24, 2.45) is 0 Å². The van der Waals surface area contributed by atoms with E-state index in [1.807, 2.05) is 0 Å². The van der Waals surface area contributed by atoms with Gasteiger partial charge in [0.25, 0.3) is 0 Å². The van der Waals surface area contributed by atoms with Gasteiger partial charge in [0.15, 0.2) is 0 Å². The Hall–Kier alpha value is -1.68. The topological polar surface area (TPSA) is 50.1 Å². The number of benzene rings is 1. The number of halogens is 3. The molecule has 0 atom stereocenters. The molecule has 1 rings (SSSR count). The van der Waals surface area contributed by atoms with Crippen molar-refractivity contribution in [2.75, 3.05) is 7.11 Å². The van der Waals surface area contributed by atoms with E-state index in [2.05, 4.69) is 4.74 Å². The number of esters is 1. The number of nitriles is 1. The van der Waals surface area contributed by atoms with Crippen molar-refractivity contribution in [1.29, 1.82) is 5.26 Å². The van der Waals surface area contributed by atoms with Crippen LogP contribution in [0, 0.1) is 18.3 Å². The Morgan fingerprint density at radius 2 is 2.06 bits per heavy atom. The summed E-state index contributed by atoms with van der Waals surface area (Å²) >= 11 is -0.410. The molecule has 3 nitrogen and oxygen atoms in total. The molecular formula is C11H8F3NO2S. The van der Waals surface area contributed by atoms with Crippen molar-refractivity contribution in [2.45, 2.75) is 17.3 Å². The van der Waals surface area contributed by atoms with Gasteiger partial charge >= 0.3 is 11.5 Å². The van der Waals surface area contributed by atoms with Gasteiger partial charge in [-0.2, -0.15) is 18.4 Å². The van der Waals surface area contributed by atoms with E-state index in [1.165, 1.54) is 19.1 Å². The third-order valence-electron chi connectivity index (χ3n) is 2.15. The number of thioether (sulfide) groups is 1. The first-order valence-corrected chi connectivity index (χ1v) is 5.49. The molecule has 0 saturated carbocycles. The number of rotatable bonds is 2. The molecule has 0 fully saturated rings. The summed E-state index contributed by atoms with van der Waals surface area (Å²) in [6.07, 6.45) is 0. The molecule has 0 radical (unpaired) electrons. The Kier molecular flexibility index (Phi) is 4.24. The summed E-state index contributed by atoms with van der Waals surface area (Å²) in [5, 5.41) is 8.78. The van der Waals surface area contributed by atoms with E-state index in [1.54, 1.807) is 6.07 Å². The number of carbonyl (C=O) groups is 1. The van der Waals surface area contributed by atoms with Crippen LogP contribution in [-0.4, -0.2) is 18.6 Å². The summed E-state index contributed by atoms with van der Waals surface area (Å²) in [4.78, 5) is 11.1. The predicted molar refractivity (Wildman–Crippen MR) is 59.1 cm³/mol. The number of hydrogen-bond donors (Lipinski definition) is 0. The van der Waals surface area contributed by atoms with Gasteiger partial charge in [0, 0.05) is 4.90 Å². The van der Waals surface area contributed by atoms with Crippen LogP contribution in [-0.2, 0) is 4.74 Å². The molecular weight excluding hydrogens is 267 g/mol. The molecule has 1 aromatic rings. The highest BCUT2D eigenvalue weighted by Gasteiger charge is 2.32. The minimum absolute atomic E-state index is 0.0169. The molecule has 0 saturated heterocycles. The Morgan fingerprint density at radius 1 is 1.44 bits per heavy atom. The van der Waals surface area contributed by atoms with E-state index in [4.69, 9.17) is 5.26 Å². The highest BCUT2D eigenvalue weighted by Crippen LogP contribution is 2.41. The van der Waals surface area contributed by atoms with E-state index < -0.39 is 23.2 Å². The predicted octanol–water partition coefficient (Wildman–Crippen LogP) is 3.27. The lowest BCUT2D eigenvalue weighted by Gasteiger charge is -2.12. The van der Waals surface area contributed by atoms with Gasteiger partial charge in [-0.05, 0) is 36.4 Å². The molecule has 0 aliphatic carbocycles. The van der Waals surface area contributed by atoms with Crippen LogP contribution in [0.2, 0.25) is 0 Å². The van der Waals surface area contributed by atoms with Crippen LogP contribution in [0.1, 0.15) is 21.5 Å². The van der Waals surface area contributed by atoms with Crippen molar-refractivity contribution in [3.63, 3.8) is 0 Å². The third-order valence-corrected chi connectivity index (χ3v) is 3.11. The van der Waals surface area contributed by atoms with Crippen LogP contribution in [0.3, 0.4) is 0 Å². The molecule has 0 N–H and O–H groups in total. The van der Waals surface area contributed by atoms with Crippen LogP contribution < -0.4 is 0 Å². The maximum absolute atomic E-state index is 12.4. The number of nitrogens with zero attached hydrogens (tertiary/aromatic N) is 1. The summed E-state index contributed by atoms with van der Waals surface area (Å²) in [7, 11) is 1.14. The Labute approximate surface area is 106 Å². The molecule has 0 aliphatic rings. The van der Waals surface area contributed by atoms with Gasteiger partial charge in [-0.15, -0.1) is 0 Å². The molecule has 18 heavy (non-hydrogen) atoms. The van der Waals surface area contributed by atoms with E-state index in [0.29, 0.717) is 0 Å². The summed E-state index contributed by atoms with van der Waals surface area (Å²) in [5.41, 5.74) is -4.54. The minimum Gasteiger partial charge on any atom is -0.465 e. The van der Waals surface area contributed by atoms with E-state index in [0.717, 1.165) is 7.11 Å². The lowest BCUT2D eigenvalue weighted by molar-refractivity contribution is -0.0328. The van der Waals surface area contributed by atoms with Crippen LogP contribution >= 0.6 is 11.8 Å². The number of methoxy groups -OCH3 is 1. The lowest BCUT2D eigenvalue weighted by atomic mass is 10.1. The summed E-state index contributed by atoms with van der Waals surface area (Å²) < 4.78 is 41.6. The molecule has 0 aliphatic heterocycles. The molecule has 0 bridgehead atoms. The smallest absolute Gasteiger partial charge is 0.446 e. The number of alkyl halides is 3. The normalized spacial score (nSPS) is 10.9. The number of hydrogen-bond acceptors (Lipinski definition) is 4. The molecule has 7 heteroatoms. The zero-order valence-electron chi connectivity index (χ0n) is 9.46. The van der Waals surface area contributed by atoms with Gasteiger partial charge < -0.3 is 4.74 Å². The van der Waals surface area contributed by atoms with Crippen LogP contribution in [0.4, 0.5) is 13.2 Å². The first-order chi connectivity index (χ1) is 8.30. The van der Waals surface area contributed by atoms with Crippen LogP contribution in [0.5, 0.6) is 0 Å². The fraction of sp³-hybridized carbons (Fsp3) is 0.273. The SMILES string of the molecule is COC(=O)c1ccc(C#N)c(SC(F)(F)F)c1C. The van der Waals surface area contributed by atoms with Crippen LogP contribution in [0.15, 0.2) is 17.0 Å². The second-order valence-corrected chi connectivity index (χ2v) is 4.34. The van der Waals surface area contributed by atoms with E-state index in [-0.39, 0.29) is 21.6 Å². The molecule has 0 spiro atoms. The van der Waals surface area contributed by atoms with Gasteiger partial charge in [-0.1, -0.05) is 0 Å². The van der Waals surface area contributed by atoms with Gasteiger partial charge in [0.2, 0.25) is 0 Å². The second-order valence-electron chi connectivity index (χ2n) is 3.27. The zero-order valence-corrected chi connectivity index (χ0v) is 10.3. The van der Waals surface area contributed by atoms with Crippen molar-refractivity contribution in [1.82, 2.24) is 0 Å². The maximum atomic E-state index is 12.4. The van der Waals surface area contributed by atoms with Gasteiger partial charge in [-0.3, -0.25) is 0 Å². The van der Waals surface area contributed by atoms with E-state index in [9.17, 15) is 18.0 Å². The van der Waals surface area contributed by atoms with E-state index >= 15 is 0 Å². The first kappa shape index (κ1) is 14.4. The lowest BCUT2D eigenvalue weighted by Crippen LogP contribution is -2.08. The summed E-state index contributed by atoms with van der Waals surface area (Å²) in [6, 6.07) is 4.12. The molecule has 0 amide bonds. The molecule has 0 heterocycles. The van der Waals surface area contributed by atoms with Crippen molar-refractivity contribution < 1.29 is 22.7 Å². The molecule has 0 aromatic heterocycles. The third kappa shape index (κ3) is 3.17. The molecule has 1 aromatic carbocycles. The monoisotopic (exact) mass is 275 g/mol.